The number of aromatic nitrogens is 2. The van der Waals surface area contributed by atoms with Gasteiger partial charge in [-0.15, -0.1) is 0 Å². The third kappa shape index (κ3) is 3.57. The summed E-state index contributed by atoms with van der Waals surface area (Å²) < 4.78 is 1.95. The number of pyridine rings is 1. The van der Waals surface area contributed by atoms with Gasteiger partial charge in [0.2, 0.25) is 0 Å². The number of nitrogens with zero attached hydrogens (tertiary/aromatic N) is 2. The normalized spacial score (nSPS) is 13.3. The van der Waals surface area contributed by atoms with E-state index in [0.29, 0.717) is 18.5 Å². The van der Waals surface area contributed by atoms with Crippen LogP contribution in [0.15, 0.2) is 24.4 Å². The molecule has 1 amide bonds. The quantitative estimate of drug-likeness (QED) is 0.792. The van der Waals surface area contributed by atoms with Gasteiger partial charge < -0.3 is 19.9 Å². The van der Waals surface area contributed by atoms with E-state index in [1.807, 2.05) is 49.6 Å². The maximum Gasteiger partial charge on any atom is 0.404 e. The molecule has 6 heteroatoms. The second-order valence-corrected chi connectivity index (χ2v) is 6.50. The van der Waals surface area contributed by atoms with Crippen molar-refractivity contribution >= 4 is 11.7 Å². The maximum absolute atomic E-state index is 11.0. The number of nitrogens with one attached hydrogen (secondary N) is 1. The number of aliphatic hydroxyl groups excluding tert-OH is 1. The van der Waals surface area contributed by atoms with Gasteiger partial charge in [-0.3, -0.25) is 0 Å². The Kier molecular flexibility index (Phi) is 4.71. The van der Waals surface area contributed by atoms with E-state index < -0.39 is 6.09 Å². The molecular weight excluding hydrogens is 282 g/mol. The average molecular weight is 305 g/mol. The number of rotatable bonds is 5. The lowest BCUT2D eigenvalue weighted by Gasteiger charge is -2.30. The summed E-state index contributed by atoms with van der Waals surface area (Å²) in [5.74, 6) is 0. The summed E-state index contributed by atoms with van der Waals surface area (Å²) in [6.07, 6.45) is 2.18. The fourth-order valence-corrected chi connectivity index (χ4v) is 2.64. The van der Waals surface area contributed by atoms with Gasteiger partial charge in [-0.05, 0) is 30.4 Å². The topological polar surface area (TPSA) is 86.9 Å². The Labute approximate surface area is 129 Å². The summed E-state index contributed by atoms with van der Waals surface area (Å²) in [6.45, 7) is 5.91. The first-order valence-corrected chi connectivity index (χ1v) is 7.38. The van der Waals surface area contributed by atoms with Crippen molar-refractivity contribution < 1.29 is 15.0 Å². The Morgan fingerprint density at radius 1 is 1.41 bits per heavy atom. The van der Waals surface area contributed by atoms with Crippen molar-refractivity contribution in [3.05, 3.63) is 35.8 Å². The number of carbonyl (C=O) groups is 1. The molecule has 0 aliphatic rings. The molecule has 22 heavy (non-hydrogen) atoms. The molecule has 0 saturated heterocycles. The second-order valence-electron chi connectivity index (χ2n) is 6.50. The SMILES string of the molecule is CC(C)(C)C(CCc1c(CO)nc2ccccn12)NC(=O)O. The summed E-state index contributed by atoms with van der Waals surface area (Å²) in [5, 5.41) is 21.1. The largest absolute Gasteiger partial charge is 0.465 e. The Morgan fingerprint density at radius 2 is 2.14 bits per heavy atom. The molecule has 0 aromatic carbocycles. The van der Waals surface area contributed by atoms with Crippen LogP contribution in [0.1, 0.15) is 38.6 Å². The fourth-order valence-electron chi connectivity index (χ4n) is 2.64. The van der Waals surface area contributed by atoms with Gasteiger partial charge in [0, 0.05) is 17.9 Å². The Morgan fingerprint density at radius 3 is 2.73 bits per heavy atom. The predicted molar refractivity (Wildman–Crippen MR) is 83.8 cm³/mol. The van der Waals surface area contributed by atoms with Crippen LogP contribution in [0.2, 0.25) is 0 Å². The smallest absolute Gasteiger partial charge is 0.404 e. The van der Waals surface area contributed by atoms with Gasteiger partial charge in [0.05, 0.1) is 12.3 Å². The van der Waals surface area contributed by atoms with E-state index in [0.717, 1.165) is 11.3 Å². The highest BCUT2D eigenvalue weighted by atomic mass is 16.4. The minimum Gasteiger partial charge on any atom is -0.465 e. The molecule has 0 saturated carbocycles. The van der Waals surface area contributed by atoms with Crippen LogP contribution in [-0.2, 0) is 13.0 Å². The van der Waals surface area contributed by atoms with Crippen molar-refractivity contribution in [2.24, 2.45) is 5.41 Å². The third-order valence-electron chi connectivity index (χ3n) is 3.87. The number of aryl methyl sites for hydroxylation is 1. The summed E-state index contributed by atoms with van der Waals surface area (Å²) in [4.78, 5) is 15.4. The lowest BCUT2D eigenvalue weighted by atomic mass is 9.83. The van der Waals surface area contributed by atoms with Crippen molar-refractivity contribution in [1.29, 1.82) is 0 Å². The van der Waals surface area contributed by atoms with Crippen molar-refractivity contribution in [2.45, 2.75) is 46.3 Å². The molecule has 1 unspecified atom stereocenters. The van der Waals surface area contributed by atoms with Crippen LogP contribution < -0.4 is 5.32 Å². The zero-order chi connectivity index (χ0) is 16.3. The second kappa shape index (κ2) is 6.36. The van der Waals surface area contributed by atoms with Crippen LogP contribution in [0, 0.1) is 5.41 Å². The highest BCUT2D eigenvalue weighted by Crippen LogP contribution is 2.24. The number of aliphatic hydroxyl groups is 1. The van der Waals surface area contributed by atoms with Gasteiger partial charge in [0.1, 0.15) is 5.65 Å². The predicted octanol–water partition coefficient (Wildman–Crippen LogP) is 2.44. The van der Waals surface area contributed by atoms with E-state index in [9.17, 15) is 9.90 Å². The van der Waals surface area contributed by atoms with E-state index in [2.05, 4.69) is 10.3 Å². The van der Waals surface area contributed by atoms with Crippen LogP contribution in [0.4, 0.5) is 4.79 Å². The number of hydrogen-bond acceptors (Lipinski definition) is 3. The number of fused-ring (bicyclic) bond motifs is 1. The molecular formula is C16H23N3O3. The van der Waals surface area contributed by atoms with Gasteiger partial charge in [0.15, 0.2) is 0 Å². The van der Waals surface area contributed by atoms with Crippen LogP contribution >= 0.6 is 0 Å². The molecule has 0 fully saturated rings. The zero-order valence-electron chi connectivity index (χ0n) is 13.2. The number of carboxylic acid groups (broad SMARTS) is 1. The summed E-state index contributed by atoms with van der Waals surface area (Å²) in [5.41, 5.74) is 2.19. The summed E-state index contributed by atoms with van der Waals surface area (Å²) in [6, 6.07) is 5.53. The lowest BCUT2D eigenvalue weighted by molar-refractivity contribution is 0.172. The average Bonchev–Trinajstić information content (AvgIpc) is 2.79. The molecule has 0 radical (unpaired) electrons. The molecule has 3 N–H and O–H groups in total. The highest BCUT2D eigenvalue weighted by molar-refractivity contribution is 5.65. The molecule has 2 rings (SSSR count). The third-order valence-corrected chi connectivity index (χ3v) is 3.87. The van der Waals surface area contributed by atoms with Crippen LogP contribution in [0.3, 0.4) is 0 Å². The van der Waals surface area contributed by atoms with Crippen molar-refractivity contribution in [1.82, 2.24) is 14.7 Å². The lowest BCUT2D eigenvalue weighted by Crippen LogP contribution is -2.43. The molecule has 0 aliphatic carbocycles. The van der Waals surface area contributed by atoms with Crippen molar-refractivity contribution in [3.63, 3.8) is 0 Å². The summed E-state index contributed by atoms with van der Waals surface area (Å²) >= 11 is 0. The van der Waals surface area contributed by atoms with E-state index in [4.69, 9.17) is 5.11 Å². The Hall–Kier alpha value is -2.08. The number of hydrogen-bond donors (Lipinski definition) is 3. The van der Waals surface area contributed by atoms with Gasteiger partial charge in [0.25, 0.3) is 0 Å². The molecule has 0 spiro atoms. The zero-order valence-corrected chi connectivity index (χ0v) is 13.2. The van der Waals surface area contributed by atoms with Gasteiger partial charge in [-0.25, -0.2) is 9.78 Å². The molecule has 120 valence electrons. The van der Waals surface area contributed by atoms with Crippen molar-refractivity contribution in [3.8, 4) is 0 Å². The van der Waals surface area contributed by atoms with Crippen LogP contribution in [-0.4, -0.2) is 31.7 Å². The van der Waals surface area contributed by atoms with E-state index >= 15 is 0 Å². The Balaban J connectivity index is 2.24. The molecule has 6 nitrogen and oxygen atoms in total. The van der Waals surface area contributed by atoms with E-state index in [1.165, 1.54) is 0 Å². The standard InChI is InChI=1S/C16H23N3O3/c1-16(2,3)13(18-15(21)22)8-7-12-11(10-20)17-14-6-4-5-9-19(12)14/h4-6,9,13,18,20H,7-8,10H2,1-3H3,(H,21,22). The fraction of sp³-hybridized carbons (Fsp3) is 0.500. The first-order chi connectivity index (χ1) is 10.3. The molecule has 2 heterocycles. The highest BCUT2D eigenvalue weighted by Gasteiger charge is 2.26. The van der Waals surface area contributed by atoms with Crippen LogP contribution in [0.25, 0.3) is 5.65 Å². The number of amides is 1. The summed E-state index contributed by atoms with van der Waals surface area (Å²) in [7, 11) is 0. The molecule has 0 aliphatic heterocycles. The first-order valence-electron chi connectivity index (χ1n) is 7.38. The first kappa shape index (κ1) is 16.3. The van der Waals surface area contributed by atoms with Crippen molar-refractivity contribution in [2.75, 3.05) is 0 Å². The van der Waals surface area contributed by atoms with Gasteiger partial charge >= 0.3 is 6.09 Å². The molecule has 1 atom stereocenters. The van der Waals surface area contributed by atoms with E-state index in [1.54, 1.807) is 0 Å². The maximum atomic E-state index is 11.0. The molecule has 0 bridgehead atoms. The van der Waals surface area contributed by atoms with Crippen LogP contribution in [0.5, 0.6) is 0 Å². The molecule has 2 aromatic rings. The molecule has 2 aromatic heterocycles. The van der Waals surface area contributed by atoms with Gasteiger partial charge in [-0.1, -0.05) is 26.8 Å². The Bertz CT molecular complexity index is 658. The minimum absolute atomic E-state index is 0.121. The minimum atomic E-state index is -1.01. The monoisotopic (exact) mass is 305 g/mol. The van der Waals surface area contributed by atoms with Gasteiger partial charge in [-0.2, -0.15) is 0 Å². The van der Waals surface area contributed by atoms with E-state index in [-0.39, 0.29) is 18.1 Å². The number of imidazole rings is 1.